The first-order valence-electron chi connectivity index (χ1n) is 12.9. The third-order valence-corrected chi connectivity index (χ3v) is 8.27. The van der Waals surface area contributed by atoms with Crippen molar-refractivity contribution in [2.45, 2.75) is 44.2 Å². The molecule has 2 aromatic rings. The average Bonchev–Trinajstić information content (AvgIpc) is 3.32. The van der Waals surface area contributed by atoms with Gasteiger partial charge in [0.05, 0.1) is 13.2 Å². The Hall–Kier alpha value is -2.77. The molecule has 2 saturated heterocycles. The number of halogens is 1. The van der Waals surface area contributed by atoms with E-state index < -0.39 is 5.82 Å². The van der Waals surface area contributed by atoms with Crippen LogP contribution in [0, 0.1) is 5.82 Å². The summed E-state index contributed by atoms with van der Waals surface area (Å²) < 4.78 is 20.4. The summed E-state index contributed by atoms with van der Waals surface area (Å²) in [6.45, 7) is 4.87. The standard InChI is InChI=1S/C28H32FN3O3/c29-26-17-21(27(33)30-12-14-35-15-13-30)5-6-24(26)19-4-7-25-20(16-19)8-11-32(28(25)34)23-9-10-31(18-23)22-2-1-3-22/h4-7,16-17,22-23H,1-3,8-15,18H2. The summed E-state index contributed by atoms with van der Waals surface area (Å²) in [4.78, 5) is 32.4. The first-order chi connectivity index (χ1) is 17.1. The van der Waals surface area contributed by atoms with E-state index in [2.05, 4.69) is 9.80 Å². The largest absolute Gasteiger partial charge is 0.378 e. The normalized spacial score (nSPS) is 23.3. The van der Waals surface area contributed by atoms with Gasteiger partial charge in [0.2, 0.25) is 0 Å². The van der Waals surface area contributed by atoms with E-state index in [1.54, 1.807) is 17.0 Å². The average molecular weight is 478 g/mol. The molecule has 7 heteroatoms. The number of fused-ring (bicyclic) bond motifs is 1. The summed E-state index contributed by atoms with van der Waals surface area (Å²) in [7, 11) is 0. The van der Waals surface area contributed by atoms with E-state index in [9.17, 15) is 9.59 Å². The summed E-state index contributed by atoms with van der Waals surface area (Å²) in [5, 5.41) is 0. The number of ether oxygens (including phenoxy) is 1. The number of hydrogen-bond acceptors (Lipinski definition) is 4. The van der Waals surface area contributed by atoms with Crippen LogP contribution in [0.1, 0.15) is 52.0 Å². The molecule has 184 valence electrons. The molecule has 0 N–H and O–H groups in total. The molecule has 0 aromatic heterocycles. The van der Waals surface area contributed by atoms with Crippen LogP contribution in [0.15, 0.2) is 36.4 Å². The maximum atomic E-state index is 15.1. The number of rotatable bonds is 4. The van der Waals surface area contributed by atoms with Crippen molar-refractivity contribution in [3.05, 3.63) is 58.9 Å². The van der Waals surface area contributed by atoms with Crippen molar-refractivity contribution in [3.63, 3.8) is 0 Å². The molecule has 2 aromatic carbocycles. The third-order valence-electron chi connectivity index (χ3n) is 8.27. The van der Waals surface area contributed by atoms with Gasteiger partial charge in [0.25, 0.3) is 11.8 Å². The zero-order valence-corrected chi connectivity index (χ0v) is 20.0. The number of carbonyl (C=O) groups excluding carboxylic acids is 2. The van der Waals surface area contributed by atoms with Crippen LogP contribution in [-0.4, -0.2) is 84.5 Å². The molecular formula is C28H32FN3O3. The fourth-order valence-electron chi connectivity index (χ4n) is 5.96. The first-order valence-corrected chi connectivity index (χ1v) is 12.9. The molecule has 0 spiro atoms. The predicted molar refractivity (Wildman–Crippen MR) is 131 cm³/mol. The molecular weight excluding hydrogens is 445 g/mol. The van der Waals surface area contributed by atoms with Gasteiger partial charge in [-0.25, -0.2) is 4.39 Å². The highest BCUT2D eigenvalue weighted by atomic mass is 19.1. The number of carbonyl (C=O) groups is 2. The minimum Gasteiger partial charge on any atom is -0.378 e. The van der Waals surface area contributed by atoms with E-state index in [1.165, 1.54) is 25.3 Å². The van der Waals surface area contributed by atoms with Crippen molar-refractivity contribution in [3.8, 4) is 11.1 Å². The zero-order chi connectivity index (χ0) is 23.9. The Kier molecular flexibility index (Phi) is 6.06. The maximum Gasteiger partial charge on any atom is 0.254 e. The monoisotopic (exact) mass is 477 g/mol. The second kappa shape index (κ2) is 9.36. The van der Waals surface area contributed by atoms with E-state index in [-0.39, 0.29) is 11.8 Å². The molecule has 3 heterocycles. The van der Waals surface area contributed by atoms with Crippen LogP contribution >= 0.6 is 0 Å². The van der Waals surface area contributed by atoms with Crippen LogP contribution in [-0.2, 0) is 11.2 Å². The quantitative estimate of drug-likeness (QED) is 0.676. The topological polar surface area (TPSA) is 53.1 Å². The molecule has 2 amide bonds. The highest BCUT2D eigenvalue weighted by molar-refractivity contribution is 5.98. The van der Waals surface area contributed by atoms with Gasteiger partial charge in [0, 0.05) is 61.5 Å². The van der Waals surface area contributed by atoms with E-state index in [1.807, 2.05) is 18.2 Å². The molecule has 1 saturated carbocycles. The van der Waals surface area contributed by atoms with Crippen molar-refractivity contribution < 1.29 is 18.7 Å². The van der Waals surface area contributed by atoms with Crippen LogP contribution in [0.2, 0.25) is 0 Å². The second-order valence-electron chi connectivity index (χ2n) is 10.2. The number of likely N-dealkylation sites (tertiary alicyclic amines) is 1. The highest BCUT2D eigenvalue weighted by Crippen LogP contribution is 2.33. The zero-order valence-electron chi connectivity index (χ0n) is 20.0. The van der Waals surface area contributed by atoms with Gasteiger partial charge in [0.15, 0.2) is 0 Å². The lowest BCUT2D eigenvalue weighted by Crippen LogP contribution is -2.47. The Morgan fingerprint density at radius 3 is 2.46 bits per heavy atom. The fraction of sp³-hybridized carbons (Fsp3) is 0.500. The molecule has 1 unspecified atom stereocenters. The molecule has 3 fully saturated rings. The lowest BCUT2D eigenvalue weighted by molar-refractivity contribution is 0.0302. The second-order valence-corrected chi connectivity index (χ2v) is 10.2. The van der Waals surface area contributed by atoms with Gasteiger partial charge in [-0.05, 0) is 55.0 Å². The molecule has 1 aliphatic carbocycles. The highest BCUT2D eigenvalue weighted by Gasteiger charge is 2.37. The van der Waals surface area contributed by atoms with Gasteiger partial charge < -0.3 is 14.5 Å². The van der Waals surface area contributed by atoms with Crippen molar-refractivity contribution in [2.75, 3.05) is 45.9 Å². The van der Waals surface area contributed by atoms with Gasteiger partial charge in [0.1, 0.15) is 5.82 Å². The number of hydrogen-bond donors (Lipinski definition) is 0. The van der Waals surface area contributed by atoms with Gasteiger partial charge in [-0.15, -0.1) is 0 Å². The minimum absolute atomic E-state index is 0.102. The van der Waals surface area contributed by atoms with E-state index in [0.717, 1.165) is 48.7 Å². The summed E-state index contributed by atoms with van der Waals surface area (Å²) in [6.07, 6.45) is 5.76. The number of benzene rings is 2. The van der Waals surface area contributed by atoms with E-state index in [4.69, 9.17) is 4.74 Å². The fourth-order valence-corrected chi connectivity index (χ4v) is 5.96. The van der Waals surface area contributed by atoms with Crippen LogP contribution in [0.5, 0.6) is 0 Å². The Morgan fingerprint density at radius 1 is 0.914 bits per heavy atom. The van der Waals surface area contributed by atoms with Gasteiger partial charge >= 0.3 is 0 Å². The summed E-state index contributed by atoms with van der Waals surface area (Å²) >= 11 is 0. The lowest BCUT2D eigenvalue weighted by Gasteiger charge is -2.37. The summed E-state index contributed by atoms with van der Waals surface area (Å²) in [5.41, 5.74) is 3.26. The third kappa shape index (κ3) is 4.25. The Morgan fingerprint density at radius 2 is 1.71 bits per heavy atom. The molecule has 3 aliphatic heterocycles. The van der Waals surface area contributed by atoms with Crippen LogP contribution < -0.4 is 0 Å². The Balaban J connectivity index is 1.17. The molecule has 6 rings (SSSR count). The predicted octanol–water partition coefficient (Wildman–Crippen LogP) is 3.59. The van der Waals surface area contributed by atoms with Crippen molar-refractivity contribution in [1.29, 1.82) is 0 Å². The van der Waals surface area contributed by atoms with Crippen LogP contribution in [0.3, 0.4) is 0 Å². The smallest absolute Gasteiger partial charge is 0.254 e. The molecule has 6 nitrogen and oxygen atoms in total. The molecule has 0 radical (unpaired) electrons. The molecule has 4 aliphatic rings. The van der Waals surface area contributed by atoms with Gasteiger partial charge in [-0.1, -0.05) is 24.6 Å². The van der Waals surface area contributed by atoms with Crippen molar-refractivity contribution in [1.82, 2.24) is 14.7 Å². The van der Waals surface area contributed by atoms with Crippen molar-refractivity contribution in [2.24, 2.45) is 0 Å². The lowest BCUT2D eigenvalue weighted by atomic mass is 9.91. The maximum absolute atomic E-state index is 15.1. The molecule has 0 bridgehead atoms. The Bertz CT molecular complexity index is 1140. The van der Waals surface area contributed by atoms with Crippen molar-refractivity contribution >= 4 is 11.8 Å². The van der Waals surface area contributed by atoms with Crippen LogP contribution in [0.25, 0.3) is 11.1 Å². The minimum atomic E-state index is -0.421. The van der Waals surface area contributed by atoms with E-state index >= 15 is 4.39 Å². The SMILES string of the molecule is O=C(c1ccc(-c2ccc3c(c2)CCN(C2CCN(C4CCC4)C2)C3=O)c(F)c1)N1CCOCC1. The summed E-state index contributed by atoms with van der Waals surface area (Å²) in [5.74, 6) is -0.488. The first kappa shape index (κ1) is 22.7. The molecule has 1 atom stereocenters. The van der Waals surface area contributed by atoms with Gasteiger partial charge in [-0.2, -0.15) is 0 Å². The number of amides is 2. The Labute approximate surface area is 205 Å². The number of nitrogens with zero attached hydrogens (tertiary/aromatic N) is 3. The van der Waals surface area contributed by atoms with Crippen LogP contribution in [0.4, 0.5) is 4.39 Å². The van der Waals surface area contributed by atoms with Gasteiger partial charge in [-0.3, -0.25) is 14.5 Å². The number of morpholine rings is 1. The van der Waals surface area contributed by atoms with E-state index in [0.29, 0.717) is 50.0 Å². The molecule has 35 heavy (non-hydrogen) atoms. The summed E-state index contributed by atoms with van der Waals surface area (Å²) in [6, 6.07) is 11.3.